The van der Waals surface area contributed by atoms with Crippen LogP contribution >= 0.6 is 0 Å². The number of ether oxygens (including phenoxy) is 1. The molecule has 0 aliphatic rings. The lowest BCUT2D eigenvalue weighted by Gasteiger charge is -2.20. The van der Waals surface area contributed by atoms with Gasteiger partial charge in [-0.25, -0.2) is 0 Å². The first kappa shape index (κ1) is 17.9. The van der Waals surface area contributed by atoms with E-state index in [0.29, 0.717) is 11.6 Å². The van der Waals surface area contributed by atoms with Crippen LogP contribution in [0.1, 0.15) is 44.2 Å². The second kappa shape index (κ2) is 7.86. The van der Waals surface area contributed by atoms with Gasteiger partial charge in [0.25, 0.3) is 5.91 Å². The number of aryl methyl sites for hydroxylation is 1. The van der Waals surface area contributed by atoms with Crippen molar-refractivity contribution >= 4 is 17.3 Å². The molecule has 2 atom stereocenters. The number of nitrogens with two attached hydrogens (primary N) is 1. The zero-order valence-electron chi connectivity index (χ0n) is 14.8. The highest BCUT2D eigenvalue weighted by atomic mass is 16.5. The van der Waals surface area contributed by atoms with Crippen molar-refractivity contribution in [1.29, 1.82) is 0 Å². The van der Waals surface area contributed by atoms with E-state index in [4.69, 9.17) is 10.5 Å². The third-order valence-corrected chi connectivity index (χ3v) is 4.24. The molecule has 0 bridgehead atoms. The summed E-state index contributed by atoms with van der Waals surface area (Å²) in [5.41, 5.74) is 9.22. The molecule has 0 heterocycles. The summed E-state index contributed by atoms with van der Waals surface area (Å²) in [7, 11) is 0. The number of hydrogen-bond acceptors (Lipinski definition) is 3. The average Bonchev–Trinajstić information content (AvgIpc) is 2.57. The number of carbonyl (C=O) groups excluding carboxylic acids is 1. The minimum Gasteiger partial charge on any atom is -0.481 e. The van der Waals surface area contributed by atoms with Crippen LogP contribution in [0.4, 0.5) is 11.4 Å². The lowest BCUT2D eigenvalue weighted by atomic mass is 9.98. The highest BCUT2D eigenvalue weighted by Gasteiger charge is 2.18. The number of anilines is 2. The third kappa shape index (κ3) is 4.28. The number of carbonyl (C=O) groups is 1. The molecule has 1 amide bonds. The monoisotopic (exact) mass is 326 g/mol. The van der Waals surface area contributed by atoms with E-state index in [9.17, 15) is 4.79 Å². The van der Waals surface area contributed by atoms with Crippen LogP contribution in [0.2, 0.25) is 0 Å². The largest absolute Gasteiger partial charge is 0.481 e. The van der Waals surface area contributed by atoms with Crippen LogP contribution in [0.5, 0.6) is 5.75 Å². The molecule has 2 aromatic rings. The summed E-state index contributed by atoms with van der Waals surface area (Å²) < 4.78 is 5.93. The topological polar surface area (TPSA) is 64.3 Å². The number of rotatable bonds is 6. The molecule has 2 rings (SSSR count). The normalized spacial score (nSPS) is 13.2. The molecule has 4 heteroatoms. The molecule has 0 radical (unpaired) electrons. The number of hydrogen-bond donors (Lipinski definition) is 2. The molecule has 0 fully saturated rings. The summed E-state index contributed by atoms with van der Waals surface area (Å²) in [4.78, 5) is 12.4. The lowest BCUT2D eigenvalue weighted by Crippen LogP contribution is -2.30. The Morgan fingerprint density at radius 2 is 1.92 bits per heavy atom. The first-order valence-corrected chi connectivity index (χ1v) is 8.35. The van der Waals surface area contributed by atoms with Crippen LogP contribution < -0.4 is 15.8 Å². The average molecular weight is 326 g/mol. The summed E-state index contributed by atoms with van der Waals surface area (Å²) in [5, 5.41) is 2.90. The second-order valence-electron chi connectivity index (χ2n) is 6.17. The molecule has 0 saturated heterocycles. The SMILES string of the molecule is CC[C@@H](C)c1ccccc1O[C@@H](C)C(=O)Nc1ccc(N)cc1C. The summed E-state index contributed by atoms with van der Waals surface area (Å²) in [6.07, 6.45) is 0.429. The molecule has 0 aliphatic heterocycles. The summed E-state index contributed by atoms with van der Waals surface area (Å²) in [5.74, 6) is 0.973. The fourth-order valence-electron chi connectivity index (χ4n) is 2.52. The van der Waals surface area contributed by atoms with Gasteiger partial charge in [-0.05, 0) is 61.6 Å². The number of benzene rings is 2. The molecule has 0 saturated carbocycles. The highest BCUT2D eigenvalue weighted by molar-refractivity contribution is 5.95. The Bertz CT molecular complexity index is 713. The Morgan fingerprint density at radius 1 is 1.21 bits per heavy atom. The molecule has 128 valence electrons. The minimum absolute atomic E-state index is 0.179. The first-order chi connectivity index (χ1) is 11.4. The van der Waals surface area contributed by atoms with Gasteiger partial charge >= 0.3 is 0 Å². The maximum Gasteiger partial charge on any atom is 0.265 e. The smallest absolute Gasteiger partial charge is 0.265 e. The Kier molecular flexibility index (Phi) is 5.85. The number of para-hydroxylation sites is 1. The van der Waals surface area contributed by atoms with Gasteiger partial charge < -0.3 is 15.8 Å². The van der Waals surface area contributed by atoms with E-state index in [1.165, 1.54) is 0 Å². The van der Waals surface area contributed by atoms with Crippen LogP contribution in [0.3, 0.4) is 0 Å². The van der Waals surface area contributed by atoms with E-state index in [-0.39, 0.29) is 5.91 Å². The zero-order chi connectivity index (χ0) is 17.7. The fraction of sp³-hybridized carbons (Fsp3) is 0.350. The molecule has 3 N–H and O–H groups in total. The van der Waals surface area contributed by atoms with E-state index in [0.717, 1.165) is 29.0 Å². The van der Waals surface area contributed by atoms with E-state index in [2.05, 4.69) is 25.2 Å². The molecule has 2 aromatic carbocycles. The van der Waals surface area contributed by atoms with Crippen molar-refractivity contribution in [2.24, 2.45) is 0 Å². The zero-order valence-corrected chi connectivity index (χ0v) is 14.8. The van der Waals surface area contributed by atoms with Crippen LogP contribution in [-0.2, 0) is 4.79 Å². The highest BCUT2D eigenvalue weighted by Crippen LogP contribution is 2.29. The van der Waals surface area contributed by atoms with Crippen molar-refractivity contribution in [3.8, 4) is 5.75 Å². The predicted octanol–water partition coefficient (Wildman–Crippen LogP) is 4.50. The molecule has 4 nitrogen and oxygen atoms in total. The summed E-state index contributed by atoms with van der Waals surface area (Å²) >= 11 is 0. The molecule has 24 heavy (non-hydrogen) atoms. The standard InChI is InChI=1S/C20H26N2O2/c1-5-13(2)17-8-6-7-9-19(17)24-15(4)20(23)22-18-11-10-16(21)12-14(18)3/h6-13,15H,5,21H2,1-4H3,(H,22,23)/t13-,15+/m1/s1. The maximum atomic E-state index is 12.4. The van der Waals surface area contributed by atoms with E-state index < -0.39 is 6.10 Å². The van der Waals surface area contributed by atoms with Gasteiger partial charge in [-0.15, -0.1) is 0 Å². The van der Waals surface area contributed by atoms with Gasteiger partial charge in [-0.2, -0.15) is 0 Å². The molecule has 0 aromatic heterocycles. The Morgan fingerprint density at radius 3 is 2.58 bits per heavy atom. The van der Waals surface area contributed by atoms with Gasteiger partial charge in [-0.1, -0.05) is 32.0 Å². The molecular formula is C20H26N2O2. The van der Waals surface area contributed by atoms with Crippen molar-refractivity contribution in [3.05, 3.63) is 53.6 Å². The minimum atomic E-state index is -0.591. The maximum absolute atomic E-state index is 12.4. The van der Waals surface area contributed by atoms with Gasteiger partial charge in [0.05, 0.1) is 0 Å². The predicted molar refractivity (Wildman–Crippen MR) is 99.5 cm³/mol. The fourth-order valence-corrected chi connectivity index (χ4v) is 2.52. The molecular weight excluding hydrogens is 300 g/mol. The van der Waals surface area contributed by atoms with Gasteiger partial charge in [0.15, 0.2) is 6.10 Å². The van der Waals surface area contributed by atoms with Crippen LogP contribution in [0.15, 0.2) is 42.5 Å². The van der Waals surface area contributed by atoms with Crippen molar-refractivity contribution in [1.82, 2.24) is 0 Å². The van der Waals surface area contributed by atoms with Crippen molar-refractivity contribution in [3.63, 3.8) is 0 Å². The Balaban J connectivity index is 2.09. The van der Waals surface area contributed by atoms with Crippen molar-refractivity contribution < 1.29 is 9.53 Å². The summed E-state index contributed by atoms with van der Waals surface area (Å²) in [6, 6.07) is 13.3. The Labute approximate surface area is 144 Å². The van der Waals surface area contributed by atoms with Gasteiger partial charge in [0.1, 0.15) is 5.75 Å². The molecule has 0 spiro atoms. The van der Waals surface area contributed by atoms with Crippen LogP contribution in [0.25, 0.3) is 0 Å². The van der Waals surface area contributed by atoms with E-state index in [1.807, 2.05) is 37.3 Å². The first-order valence-electron chi connectivity index (χ1n) is 8.35. The molecule has 0 aliphatic carbocycles. The number of nitrogen functional groups attached to an aromatic ring is 1. The Hall–Kier alpha value is -2.49. The van der Waals surface area contributed by atoms with E-state index >= 15 is 0 Å². The van der Waals surface area contributed by atoms with Crippen LogP contribution in [0, 0.1) is 6.92 Å². The lowest BCUT2D eigenvalue weighted by molar-refractivity contribution is -0.122. The van der Waals surface area contributed by atoms with Gasteiger partial charge in [0.2, 0.25) is 0 Å². The molecule has 0 unspecified atom stereocenters. The van der Waals surface area contributed by atoms with Crippen molar-refractivity contribution in [2.75, 3.05) is 11.1 Å². The third-order valence-electron chi connectivity index (χ3n) is 4.24. The van der Waals surface area contributed by atoms with Gasteiger partial charge in [0, 0.05) is 11.4 Å². The summed E-state index contributed by atoms with van der Waals surface area (Å²) in [6.45, 7) is 7.97. The van der Waals surface area contributed by atoms with E-state index in [1.54, 1.807) is 13.0 Å². The van der Waals surface area contributed by atoms with Crippen molar-refractivity contribution in [2.45, 2.75) is 46.1 Å². The second-order valence-corrected chi connectivity index (χ2v) is 6.17. The number of nitrogens with one attached hydrogen (secondary N) is 1. The van der Waals surface area contributed by atoms with Crippen LogP contribution in [-0.4, -0.2) is 12.0 Å². The van der Waals surface area contributed by atoms with Gasteiger partial charge in [-0.3, -0.25) is 4.79 Å². The number of amides is 1. The quantitative estimate of drug-likeness (QED) is 0.768.